The number of hydrogen-bond donors (Lipinski definition) is 2. The van der Waals surface area contributed by atoms with Crippen LogP contribution < -0.4 is 5.32 Å². The van der Waals surface area contributed by atoms with Crippen molar-refractivity contribution in [2.75, 3.05) is 19.6 Å². The molecule has 122 valence electrons. The van der Waals surface area contributed by atoms with Gasteiger partial charge in [-0.3, -0.25) is 9.69 Å². The van der Waals surface area contributed by atoms with Crippen molar-refractivity contribution in [2.45, 2.75) is 45.9 Å². The van der Waals surface area contributed by atoms with Gasteiger partial charge < -0.3 is 15.2 Å². The largest absolute Gasteiger partial charge is 0.507 e. The Labute approximate surface area is 132 Å². The summed E-state index contributed by atoms with van der Waals surface area (Å²) in [7, 11) is 0. The fourth-order valence-electron chi connectivity index (χ4n) is 2.87. The van der Waals surface area contributed by atoms with Crippen LogP contribution in [0, 0.1) is 6.92 Å². The number of morpholine rings is 1. The number of carbonyl (C=O) groups excluding carboxylic acids is 1. The lowest BCUT2D eigenvalue weighted by Crippen LogP contribution is -2.52. The van der Waals surface area contributed by atoms with E-state index in [1.54, 1.807) is 18.2 Å². The van der Waals surface area contributed by atoms with E-state index in [-0.39, 0.29) is 29.9 Å². The molecule has 1 amide bonds. The van der Waals surface area contributed by atoms with Crippen LogP contribution in [-0.4, -0.2) is 53.8 Å². The molecule has 2 N–H and O–H groups in total. The summed E-state index contributed by atoms with van der Waals surface area (Å²) in [6.07, 6.45) is 0.422. The molecule has 5 heteroatoms. The standard InChI is InChI=1S/C17H26N2O3/c1-11-5-6-16(20)15(7-11)17(21)18-8-12(2)19-9-13(3)22-14(4)10-19/h5-7,12-14,20H,8-10H2,1-4H3,(H,18,21). The average molecular weight is 306 g/mol. The van der Waals surface area contributed by atoms with Crippen LogP contribution in [0.5, 0.6) is 5.75 Å². The van der Waals surface area contributed by atoms with E-state index in [2.05, 4.69) is 31.0 Å². The monoisotopic (exact) mass is 306 g/mol. The topological polar surface area (TPSA) is 61.8 Å². The van der Waals surface area contributed by atoms with Crippen molar-refractivity contribution in [3.8, 4) is 5.75 Å². The molecule has 3 unspecified atom stereocenters. The Balaban J connectivity index is 1.91. The first-order valence-electron chi connectivity index (χ1n) is 7.84. The highest BCUT2D eigenvalue weighted by molar-refractivity contribution is 5.97. The SMILES string of the molecule is Cc1ccc(O)c(C(=O)NCC(C)N2CC(C)OC(C)C2)c1. The number of hydrogen-bond acceptors (Lipinski definition) is 4. The second-order valence-electron chi connectivity index (χ2n) is 6.29. The highest BCUT2D eigenvalue weighted by atomic mass is 16.5. The van der Waals surface area contributed by atoms with Gasteiger partial charge in [0, 0.05) is 25.7 Å². The number of nitrogens with zero attached hydrogens (tertiary/aromatic N) is 1. The quantitative estimate of drug-likeness (QED) is 0.892. The zero-order valence-electron chi connectivity index (χ0n) is 13.8. The van der Waals surface area contributed by atoms with E-state index in [1.807, 2.05) is 6.92 Å². The van der Waals surface area contributed by atoms with E-state index >= 15 is 0 Å². The molecule has 1 heterocycles. The molecule has 1 aliphatic heterocycles. The van der Waals surface area contributed by atoms with Crippen LogP contribution in [0.1, 0.15) is 36.7 Å². The number of aryl methyl sites for hydroxylation is 1. The summed E-state index contributed by atoms with van der Waals surface area (Å²) in [5.74, 6) is -0.216. The third kappa shape index (κ3) is 4.21. The van der Waals surface area contributed by atoms with E-state index < -0.39 is 0 Å². The minimum absolute atomic E-state index is 0.0179. The van der Waals surface area contributed by atoms with E-state index in [0.717, 1.165) is 18.7 Å². The van der Waals surface area contributed by atoms with Crippen LogP contribution in [0.4, 0.5) is 0 Å². The molecular weight excluding hydrogens is 280 g/mol. The molecule has 1 aliphatic rings. The Bertz CT molecular complexity index is 523. The minimum Gasteiger partial charge on any atom is -0.507 e. The molecule has 1 fully saturated rings. The fourth-order valence-corrected chi connectivity index (χ4v) is 2.87. The number of amides is 1. The zero-order chi connectivity index (χ0) is 16.3. The lowest BCUT2D eigenvalue weighted by atomic mass is 10.1. The van der Waals surface area contributed by atoms with Crippen LogP contribution in [-0.2, 0) is 4.74 Å². The lowest BCUT2D eigenvalue weighted by molar-refractivity contribution is -0.0778. The van der Waals surface area contributed by atoms with Crippen molar-refractivity contribution in [3.05, 3.63) is 29.3 Å². The third-order valence-electron chi connectivity index (χ3n) is 4.03. The molecular formula is C17H26N2O3. The summed E-state index contributed by atoms with van der Waals surface area (Å²) in [5.41, 5.74) is 1.28. The molecule has 1 aromatic carbocycles. The van der Waals surface area contributed by atoms with Crippen LogP contribution in [0.15, 0.2) is 18.2 Å². The van der Waals surface area contributed by atoms with Gasteiger partial charge in [0.15, 0.2) is 0 Å². The average Bonchev–Trinajstić information content (AvgIpc) is 2.45. The maximum absolute atomic E-state index is 12.2. The van der Waals surface area contributed by atoms with E-state index in [9.17, 15) is 9.90 Å². The van der Waals surface area contributed by atoms with Crippen LogP contribution in [0.25, 0.3) is 0 Å². The summed E-state index contributed by atoms with van der Waals surface area (Å²) >= 11 is 0. The molecule has 0 spiro atoms. The summed E-state index contributed by atoms with van der Waals surface area (Å²) < 4.78 is 5.73. The summed E-state index contributed by atoms with van der Waals surface area (Å²) in [5, 5.41) is 12.7. The minimum atomic E-state index is -0.234. The molecule has 0 aliphatic carbocycles. The molecule has 22 heavy (non-hydrogen) atoms. The van der Waals surface area contributed by atoms with Crippen LogP contribution in [0.2, 0.25) is 0 Å². The van der Waals surface area contributed by atoms with Gasteiger partial charge in [-0.2, -0.15) is 0 Å². The first kappa shape index (κ1) is 16.8. The summed E-state index contributed by atoms with van der Waals surface area (Å²) in [6.45, 7) is 10.4. The molecule has 2 rings (SSSR count). The Hall–Kier alpha value is -1.59. The van der Waals surface area contributed by atoms with Gasteiger partial charge in [-0.15, -0.1) is 0 Å². The number of benzene rings is 1. The number of phenols is 1. The van der Waals surface area contributed by atoms with Gasteiger partial charge in [-0.05, 0) is 39.8 Å². The maximum atomic E-state index is 12.2. The van der Waals surface area contributed by atoms with Crippen molar-refractivity contribution < 1.29 is 14.6 Å². The van der Waals surface area contributed by atoms with Crippen LogP contribution in [0.3, 0.4) is 0 Å². The number of aromatic hydroxyl groups is 1. The molecule has 5 nitrogen and oxygen atoms in total. The predicted octanol–water partition coefficient (Wildman–Crippen LogP) is 1.93. The Kier molecular flexibility index (Phi) is 5.42. The fraction of sp³-hybridized carbons (Fsp3) is 0.588. The van der Waals surface area contributed by atoms with Crippen molar-refractivity contribution in [1.29, 1.82) is 0 Å². The number of phenolic OH excluding ortho intramolecular Hbond substituents is 1. The summed E-state index contributed by atoms with van der Waals surface area (Å²) in [6, 6.07) is 5.27. The van der Waals surface area contributed by atoms with E-state index in [1.165, 1.54) is 0 Å². The highest BCUT2D eigenvalue weighted by Crippen LogP contribution is 2.18. The highest BCUT2D eigenvalue weighted by Gasteiger charge is 2.26. The number of carbonyl (C=O) groups is 1. The lowest BCUT2D eigenvalue weighted by Gasteiger charge is -2.39. The van der Waals surface area contributed by atoms with Gasteiger partial charge in [0.2, 0.25) is 0 Å². The van der Waals surface area contributed by atoms with Gasteiger partial charge in [0.25, 0.3) is 5.91 Å². The van der Waals surface area contributed by atoms with Gasteiger partial charge in [0.05, 0.1) is 17.8 Å². The molecule has 0 saturated carbocycles. The molecule has 1 aromatic rings. The van der Waals surface area contributed by atoms with Gasteiger partial charge >= 0.3 is 0 Å². The number of rotatable bonds is 4. The first-order chi connectivity index (χ1) is 10.4. The van der Waals surface area contributed by atoms with Gasteiger partial charge in [0.1, 0.15) is 5.75 Å². The van der Waals surface area contributed by atoms with Crippen molar-refractivity contribution in [1.82, 2.24) is 10.2 Å². The number of ether oxygens (including phenoxy) is 1. The zero-order valence-corrected chi connectivity index (χ0v) is 13.8. The van der Waals surface area contributed by atoms with Gasteiger partial charge in [-0.25, -0.2) is 0 Å². The van der Waals surface area contributed by atoms with Crippen molar-refractivity contribution in [3.63, 3.8) is 0 Å². The first-order valence-corrected chi connectivity index (χ1v) is 7.84. The molecule has 0 bridgehead atoms. The second-order valence-corrected chi connectivity index (χ2v) is 6.29. The maximum Gasteiger partial charge on any atom is 0.255 e. The number of nitrogens with one attached hydrogen (secondary N) is 1. The Morgan fingerprint density at radius 3 is 2.68 bits per heavy atom. The molecule has 0 aromatic heterocycles. The Morgan fingerprint density at radius 2 is 2.05 bits per heavy atom. The second kappa shape index (κ2) is 7.11. The van der Waals surface area contributed by atoms with Crippen molar-refractivity contribution >= 4 is 5.91 Å². The Morgan fingerprint density at radius 1 is 1.41 bits per heavy atom. The summed E-state index contributed by atoms with van der Waals surface area (Å²) in [4.78, 5) is 14.5. The smallest absolute Gasteiger partial charge is 0.255 e. The van der Waals surface area contributed by atoms with Crippen molar-refractivity contribution in [2.24, 2.45) is 0 Å². The molecule has 0 radical (unpaired) electrons. The van der Waals surface area contributed by atoms with Gasteiger partial charge in [-0.1, -0.05) is 11.6 Å². The molecule has 1 saturated heterocycles. The predicted molar refractivity (Wildman–Crippen MR) is 86.2 cm³/mol. The van der Waals surface area contributed by atoms with Crippen LogP contribution >= 0.6 is 0 Å². The van der Waals surface area contributed by atoms with E-state index in [0.29, 0.717) is 12.1 Å². The third-order valence-corrected chi connectivity index (χ3v) is 4.03. The normalized spacial score (nSPS) is 24.0. The van der Waals surface area contributed by atoms with E-state index in [4.69, 9.17) is 4.74 Å². The molecule has 3 atom stereocenters.